The number of ether oxygens (including phenoxy) is 1. The van der Waals surface area contributed by atoms with E-state index in [4.69, 9.17) is 17.0 Å². The predicted molar refractivity (Wildman–Crippen MR) is 79.8 cm³/mol. The van der Waals surface area contributed by atoms with Gasteiger partial charge in [-0.2, -0.15) is 5.10 Å². The van der Waals surface area contributed by atoms with Gasteiger partial charge < -0.3 is 4.74 Å². The molecule has 1 heterocycles. The second-order valence-corrected chi connectivity index (χ2v) is 4.73. The molecule has 0 fully saturated rings. The lowest BCUT2D eigenvalue weighted by Gasteiger charge is -2.09. The predicted octanol–water partition coefficient (Wildman–Crippen LogP) is 2.92. The van der Waals surface area contributed by atoms with Crippen molar-refractivity contribution < 1.29 is 9.66 Å². The van der Waals surface area contributed by atoms with Gasteiger partial charge in [0.05, 0.1) is 4.92 Å². The van der Waals surface area contributed by atoms with Crippen molar-refractivity contribution in [3.8, 4) is 5.75 Å². The molecule has 110 valence electrons. The molecule has 0 aliphatic heterocycles. The highest BCUT2D eigenvalue weighted by Gasteiger charge is 2.10. The lowest BCUT2D eigenvalue weighted by Crippen LogP contribution is -2.07. The van der Waals surface area contributed by atoms with E-state index in [2.05, 4.69) is 16.8 Å². The summed E-state index contributed by atoms with van der Waals surface area (Å²) in [5.74, 6) is 1.21. The summed E-state index contributed by atoms with van der Waals surface area (Å²) >= 11 is 5.11. The minimum Gasteiger partial charge on any atom is -0.485 e. The van der Waals surface area contributed by atoms with Gasteiger partial charge in [0.2, 0.25) is 0 Å². The van der Waals surface area contributed by atoms with Crippen LogP contribution >= 0.6 is 12.2 Å². The molecule has 0 spiro atoms. The third kappa shape index (κ3) is 3.34. The number of rotatable bonds is 6. The second-order valence-electron chi connectivity index (χ2n) is 4.34. The molecule has 8 heteroatoms. The van der Waals surface area contributed by atoms with Crippen molar-refractivity contribution >= 4 is 17.9 Å². The molecule has 2 aromatic rings. The molecule has 0 aliphatic carbocycles. The average molecular weight is 306 g/mol. The molecule has 0 unspecified atom stereocenters. The normalized spacial score (nSPS) is 10.3. The molecule has 7 nitrogen and oxygen atoms in total. The molecule has 1 aromatic heterocycles. The SMILES string of the molecule is C=CCn1c(COc2ccc([N+](=O)[O-])cc2C)n[nH]c1=S. The quantitative estimate of drug-likeness (QED) is 0.384. The largest absolute Gasteiger partial charge is 0.485 e. The maximum Gasteiger partial charge on any atom is 0.269 e. The van der Waals surface area contributed by atoms with Gasteiger partial charge in [0.25, 0.3) is 5.69 Å². The van der Waals surface area contributed by atoms with Crippen LogP contribution in [0.25, 0.3) is 0 Å². The van der Waals surface area contributed by atoms with E-state index in [1.807, 2.05) is 0 Å². The molecule has 0 aliphatic rings. The van der Waals surface area contributed by atoms with Crippen molar-refractivity contribution in [2.75, 3.05) is 0 Å². The summed E-state index contributed by atoms with van der Waals surface area (Å²) in [5, 5.41) is 17.5. The number of aromatic amines is 1. The van der Waals surface area contributed by atoms with E-state index >= 15 is 0 Å². The first-order chi connectivity index (χ1) is 10.0. The molecule has 0 radical (unpaired) electrons. The highest BCUT2D eigenvalue weighted by atomic mass is 32.1. The molecule has 0 bridgehead atoms. The Kier molecular flexibility index (Phi) is 4.49. The van der Waals surface area contributed by atoms with Crippen molar-refractivity contribution in [2.24, 2.45) is 0 Å². The first-order valence-electron chi connectivity index (χ1n) is 6.15. The van der Waals surface area contributed by atoms with Crippen LogP contribution in [0.3, 0.4) is 0 Å². The first-order valence-corrected chi connectivity index (χ1v) is 6.56. The zero-order valence-corrected chi connectivity index (χ0v) is 12.2. The van der Waals surface area contributed by atoms with E-state index in [1.54, 1.807) is 23.6 Å². The Bertz CT molecular complexity index is 735. The molecular formula is C13H14N4O3S. The van der Waals surface area contributed by atoms with Crippen LogP contribution in [0.2, 0.25) is 0 Å². The summed E-state index contributed by atoms with van der Waals surface area (Å²) < 4.78 is 7.91. The Labute approximate surface area is 126 Å². The fraction of sp³-hybridized carbons (Fsp3) is 0.231. The van der Waals surface area contributed by atoms with E-state index in [-0.39, 0.29) is 12.3 Å². The summed E-state index contributed by atoms with van der Waals surface area (Å²) in [6.45, 7) is 6.16. The minimum atomic E-state index is -0.438. The van der Waals surface area contributed by atoms with Gasteiger partial charge in [-0.15, -0.1) is 6.58 Å². The summed E-state index contributed by atoms with van der Waals surface area (Å²) in [6, 6.07) is 4.45. The topological polar surface area (TPSA) is 86.0 Å². The lowest BCUT2D eigenvalue weighted by molar-refractivity contribution is -0.384. The zero-order chi connectivity index (χ0) is 15.4. The van der Waals surface area contributed by atoms with E-state index in [1.165, 1.54) is 12.1 Å². The van der Waals surface area contributed by atoms with Gasteiger partial charge in [0.15, 0.2) is 10.6 Å². The molecule has 1 N–H and O–H groups in total. The van der Waals surface area contributed by atoms with Gasteiger partial charge in [0, 0.05) is 18.7 Å². The number of nitro groups is 1. The minimum absolute atomic E-state index is 0.0363. The highest BCUT2D eigenvalue weighted by molar-refractivity contribution is 7.71. The number of H-pyrrole nitrogens is 1. The average Bonchev–Trinajstić information content (AvgIpc) is 2.79. The number of hydrogen-bond donors (Lipinski definition) is 1. The van der Waals surface area contributed by atoms with Crippen LogP contribution in [0.4, 0.5) is 5.69 Å². The number of benzene rings is 1. The Balaban J connectivity index is 2.15. The number of hydrogen-bond acceptors (Lipinski definition) is 5. The molecule has 0 amide bonds. The van der Waals surface area contributed by atoms with Crippen LogP contribution in [0, 0.1) is 21.8 Å². The number of aryl methyl sites for hydroxylation is 1. The number of non-ortho nitro benzene ring substituents is 1. The highest BCUT2D eigenvalue weighted by Crippen LogP contribution is 2.23. The Morgan fingerprint density at radius 1 is 1.62 bits per heavy atom. The summed E-state index contributed by atoms with van der Waals surface area (Å²) in [4.78, 5) is 10.3. The molecule has 1 aromatic carbocycles. The van der Waals surface area contributed by atoms with E-state index in [9.17, 15) is 10.1 Å². The van der Waals surface area contributed by atoms with Crippen molar-refractivity contribution in [3.63, 3.8) is 0 Å². The molecule has 21 heavy (non-hydrogen) atoms. The Morgan fingerprint density at radius 3 is 3.00 bits per heavy atom. The van der Waals surface area contributed by atoms with Gasteiger partial charge in [-0.05, 0) is 30.8 Å². The van der Waals surface area contributed by atoms with Crippen molar-refractivity contribution in [1.82, 2.24) is 14.8 Å². The Morgan fingerprint density at radius 2 is 2.38 bits per heavy atom. The van der Waals surface area contributed by atoms with Crippen LogP contribution in [0.15, 0.2) is 30.9 Å². The van der Waals surface area contributed by atoms with Gasteiger partial charge in [-0.3, -0.25) is 19.8 Å². The van der Waals surface area contributed by atoms with Gasteiger partial charge in [0.1, 0.15) is 12.4 Å². The van der Waals surface area contributed by atoms with Crippen molar-refractivity contribution in [3.05, 3.63) is 57.1 Å². The smallest absolute Gasteiger partial charge is 0.269 e. The summed E-state index contributed by atoms with van der Waals surface area (Å²) in [5.41, 5.74) is 0.725. The summed E-state index contributed by atoms with van der Waals surface area (Å²) in [6.07, 6.45) is 1.71. The van der Waals surface area contributed by atoms with E-state index in [0.717, 1.165) is 0 Å². The number of nitro benzene ring substituents is 1. The molecule has 0 atom stereocenters. The third-order valence-electron chi connectivity index (χ3n) is 2.88. The van der Waals surface area contributed by atoms with Crippen LogP contribution in [-0.4, -0.2) is 19.7 Å². The molecule has 0 saturated carbocycles. The first kappa shape index (κ1) is 14.9. The number of nitrogens with zero attached hydrogens (tertiary/aromatic N) is 3. The fourth-order valence-corrected chi connectivity index (χ4v) is 2.05. The monoisotopic (exact) mass is 306 g/mol. The maximum atomic E-state index is 10.7. The van der Waals surface area contributed by atoms with Crippen LogP contribution in [0.5, 0.6) is 5.75 Å². The van der Waals surface area contributed by atoms with Crippen LogP contribution in [0.1, 0.15) is 11.4 Å². The lowest BCUT2D eigenvalue weighted by atomic mass is 10.2. The maximum absolute atomic E-state index is 10.7. The van der Waals surface area contributed by atoms with Crippen LogP contribution < -0.4 is 4.74 Å². The molecular weight excluding hydrogens is 292 g/mol. The second kappa shape index (κ2) is 6.31. The van der Waals surface area contributed by atoms with Gasteiger partial charge >= 0.3 is 0 Å². The number of nitrogens with one attached hydrogen (secondary N) is 1. The standard InChI is InChI=1S/C13H14N4O3S/c1-3-6-16-12(14-15-13(16)21)8-20-11-5-4-10(17(18)19)7-9(11)2/h3-5,7H,1,6,8H2,2H3,(H,15,21). The molecule has 2 rings (SSSR count). The zero-order valence-electron chi connectivity index (χ0n) is 11.4. The third-order valence-corrected chi connectivity index (χ3v) is 3.19. The van der Waals surface area contributed by atoms with E-state index in [0.29, 0.717) is 28.5 Å². The number of allylic oxidation sites excluding steroid dienone is 1. The van der Waals surface area contributed by atoms with Gasteiger partial charge in [-0.25, -0.2) is 0 Å². The summed E-state index contributed by atoms with van der Waals surface area (Å²) in [7, 11) is 0. The van der Waals surface area contributed by atoms with Crippen molar-refractivity contribution in [2.45, 2.75) is 20.1 Å². The van der Waals surface area contributed by atoms with Crippen molar-refractivity contribution in [1.29, 1.82) is 0 Å². The van der Waals surface area contributed by atoms with Gasteiger partial charge in [-0.1, -0.05) is 6.08 Å². The number of aromatic nitrogens is 3. The fourth-order valence-electron chi connectivity index (χ4n) is 1.83. The molecule has 0 saturated heterocycles. The van der Waals surface area contributed by atoms with Crippen LogP contribution in [-0.2, 0) is 13.2 Å². The Hall–Kier alpha value is -2.48. The van der Waals surface area contributed by atoms with E-state index < -0.39 is 4.92 Å².